The van der Waals surface area contributed by atoms with Crippen LogP contribution in [0, 0.1) is 0 Å². The summed E-state index contributed by atoms with van der Waals surface area (Å²) in [7, 11) is 0. The zero-order chi connectivity index (χ0) is 11.4. The number of benzene rings is 1. The maximum atomic E-state index is 11.2. The summed E-state index contributed by atoms with van der Waals surface area (Å²) in [5.41, 5.74) is 3.91. The van der Waals surface area contributed by atoms with Crippen molar-refractivity contribution in [3.63, 3.8) is 0 Å². The lowest BCUT2D eigenvalue weighted by Crippen LogP contribution is -2.22. The van der Waals surface area contributed by atoms with Crippen molar-refractivity contribution in [3.05, 3.63) is 41.0 Å². The van der Waals surface area contributed by atoms with Crippen LogP contribution in [0.5, 0.6) is 0 Å². The highest BCUT2D eigenvalue weighted by Gasteiger charge is 2.08. The van der Waals surface area contributed by atoms with Gasteiger partial charge in [-0.15, -0.1) is 0 Å². The molecule has 0 unspecified atom stereocenters. The molecule has 0 fully saturated rings. The third-order valence-corrected chi connectivity index (χ3v) is 2.95. The molecule has 1 N–H and O–H groups in total. The first-order valence-electron chi connectivity index (χ1n) is 5.85. The molecule has 1 aromatic carbocycles. The second-order valence-corrected chi connectivity index (χ2v) is 4.06. The summed E-state index contributed by atoms with van der Waals surface area (Å²) >= 11 is 0. The SMILES string of the molecule is CCC(=O)NCc1cccc2c1C=CCC2. The highest BCUT2D eigenvalue weighted by molar-refractivity contribution is 5.75. The van der Waals surface area contributed by atoms with Crippen molar-refractivity contribution in [3.8, 4) is 0 Å². The van der Waals surface area contributed by atoms with E-state index in [0.29, 0.717) is 13.0 Å². The summed E-state index contributed by atoms with van der Waals surface area (Å²) in [6.45, 7) is 2.51. The van der Waals surface area contributed by atoms with Crippen LogP contribution in [-0.4, -0.2) is 5.91 Å². The fourth-order valence-electron chi connectivity index (χ4n) is 2.01. The molecule has 1 aliphatic rings. The molecule has 0 bridgehead atoms. The summed E-state index contributed by atoms with van der Waals surface area (Å²) < 4.78 is 0. The lowest BCUT2D eigenvalue weighted by atomic mass is 9.93. The van der Waals surface area contributed by atoms with Crippen molar-refractivity contribution < 1.29 is 4.79 Å². The van der Waals surface area contributed by atoms with Gasteiger partial charge in [0.05, 0.1) is 0 Å². The minimum absolute atomic E-state index is 0.109. The highest BCUT2D eigenvalue weighted by Crippen LogP contribution is 2.22. The Morgan fingerprint density at radius 1 is 1.44 bits per heavy atom. The molecule has 0 radical (unpaired) electrons. The van der Waals surface area contributed by atoms with E-state index >= 15 is 0 Å². The zero-order valence-corrected chi connectivity index (χ0v) is 9.62. The van der Waals surface area contributed by atoms with Crippen LogP contribution in [0.15, 0.2) is 24.3 Å². The van der Waals surface area contributed by atoms with Crippen LogP contribution >= 0.6 is 0 Å². The van der Waals surface area contributed by atoms with Crippen LogP contribution < -0.4 is 5.32 Å². The number of carbonyl (C=O) groups excluding carboxylic acids is 1. The average Bonchev–Trinajstić information content (AvgIpc) is 2.35. The Labute approximate surface area is 96.4 Å². The van der Waals surface area contributed by atoms with E-state index in [1.165, 1.54) is 16.7 Å². The Bertz CT molecular complexity index is 421. The first-order valence-corrected chi connectivity index (χ1v) is 5.85. The third-order valence-electron chi connectivity index (χ3n) is 2.95. The Balaban J connectivity index is 2.16. The molecule has 0 aliphatic heterocycles. The highest BCUT2D eigenvalue weighted by atomic mass is 16.1. The van der Waals surface area contributed by atoms with Gasteiger partial charge in [-0.2, -0.15) is 0 Å². The second-order valence-electron chi connectivity index (χ2n) is 4.06. The number of hydrogen-bond acceptors (Lipinski definition) is 1. The Kier molecular flexibility index (Phi) is 3.40. The number of hydrogen-bond donors (Lipinski definition) is 1. The van der Waals surface area contributed by atoms with Crippen molar-refractivity contribution in [2.45, 2.75) is 32.7 Å². The molecule has 0 saturated heterocycles. The monoisotopic (exact) mass is 215 g/mol. The number of aryl methyl sites for hydroxylation is 1. The fourth-order valence-corrected chi connectivity index (χ4v) is 2.01. The van der Waals surface area contributed by atoms with Crippen LogP contribution in [0.1, 0.15) is 36.5 Å². The van der Waals surface area contributed by atoms with Crippen molar-refractivity contribution >= 4 is 12.0 Å². The molecule has 2 nitrogen and oxygen atoms in total. The maximum absolute atomic E-state index is 11.2. The summed E-state index contributed by atoms with van der Waals surface area (Å²) in [6.07, 6.45) is 7.16. The predicted octanol–water partition coefficient (Wildman–Crippen LogP) is 2.67. The van der Waals surface area contributed by atoms with Gasteiger partial charge in [0.15, 0.2) is 0 Å². The van der Waals surface area contributed by atoms with Crippen LogP contribution in [0.25, 0.3) is 6.08 Å². The van der Waals surface area contributed by atoms with E-state index in [0.717, 1.165) is 12.8 Å². The van der Waals surface area contributed by atoms with E-state index < -0.39 is 0 Å². The number of carbonyl (C=O) groups is 1. The molecule has 2 heteroatoms. The molecular formula is C14H17NO. The average molecular weight is 215 g/mol. The Morgan fingerprint density at radius 3 is 3.12 bits per heavy atom. The lowest BCUT2D eigenvalue weighted by molar-refractivity contribution is -0.120. The van der Waals surface area contributed by atoms with E-state index in [2.05, 4.69) is 35.7 Å². The molecule has 16 heavy (non-hydrogen) atoms. The van der Waals surface area contributed by atoms with E-state index in [1.54, 1.807) is 0 Å². The minimum Gasteiger partial charge on any atom is -0.352 e. The van der Waals surface area contributed by atoms with Crippen molar-refractivity contribution in [2.75, 3.05) is 0 Å². The van der Waals surface area contributed by atoms with Gasteiger partial charge in [0.25, 0.3) is 0 Å². The Hall–Kier alpha value is -1.57. The van der Waals surface area contributed by atoms with E-state index in [4.69, 9.17) is 0 Å². The first kappa shape index (κ1) is 10.9. The first-order chi connectivity index (χ1) is 7.81. The number of amides is 1. The molecule has 0 spiro atoms. The standard InChI is InChI=1S/C14H17NO/c1-2-14(16)15-10-12-8-5-7-11-6-3-4-9-13(11)12/h4-5,7-9H,2-3,6,10H2,1H3,(H,15,16). The van der Waals surface area contributed by atoms with Gasteiger partial charge in [-0.3, -0.25) is 4.79 Å². The van der Waals surface area contributed by atoms with E-state index in [9.17, 15) is 4.79 Å². The molecule has 84 valence electrons. The molecule has 0 atom stereocenters. The summed E-state index contributed by atoms with van der Waals surface area (Å²) in [6, 6.07) is 6.33. The second kappa shape index (κ2) is 4.97. The smallest absolute Gasteiger partial charge is 0.219 e. The summed E-state index contributed by atoms with van der Waals surface area (Å²) in [5, 5.41) is 2.93. The number of rotatable bonds is 3. The maximum Gasteiger partial charge on any atom is 0.219 e. The quantitative estimate of drug-likeness (QED) is 0.825. The van der Waals surface area contributed by atoms with Crippen LogP contribution in [0.3, 0.4) is 0 Å². The molecule has 1 aromatic rings. The zero-order valence-electron chi connectivity index (χ0n) is 9.62. The van der Waals surface area contributed by atoms with Gasteiger partial charge in [-0.1, -0.05) is 37.3 Å². The summed E-state index contributed by atoms with van der Waals surface area (Å²) in [4.78, 5) is 11.2. The van der Waals surface area contributed by atoms with E-state index in [1.807, 2.05) is 6.92 Å². The van der Waals surface area contributed by atoms with Gasteiger partial charge in [0.2, 0.25) is 5.91 Å². The van der Waals surface area contributed by atoms with Gasteiger partial charge >= 0.3 is 0 Å². The predicted molar refractivity (Wildman–Crippen MR) is 65.9 cm³/mol. The molecule has 0 heterocycles. The lowest BCUT2D eigenvalue weighted by Gasteiger charge is -2.15. The van der Waals surface area contributed by atoms with Crippen LogP contribution in [-0.2, 0) is 17.8 Å². The van der Waals surface area contributed by atoms with Crippen molar-refractivity contribution in [2.24, 2.45) is 0 Å². The van der Waals surface area contributed by atoms with E-state index in [-0.39, 0.29) is 5.91 Å². The van der Waals surface area contributed by atoms with Gasteiger partial charge in [0, 0.05) is 13.0 Å². The number of fused-ring (bicyclic) bond motifs is 1. The molecule has 1 aliphatic carbocycles. The molecule has 1 amide bonds. The third kappa shape index (κ3) is 2.32. The Morgan fingerprint density at radius 2 is 2.31 bits per heavy atom. The molecule has 0 saturated carbocycles. The number of allylic oxidation sites excluding steroid dienone is 1. The van der Waals surface area contributed by atoms with Gasteiger partial charge in [-0.25, -0.2) is 0 Å². The molecule has 0 aromatic heterocycles. The van der Waals surface area contributed by atoms with Gasteiger partial charge < -0.3 is 5.32 Å². The molecular weight excluding hydrogens is 198 g/mol. The van der Waals surface area contributed by atoms with Crippen molar-refractivity contribution in [1.82, 2.24) is 5.32 Å². The van der Waals surface area contributed by atoms with Gasteiger partial charge in [-0.05, 0) is 29.5 Å². The van der Waals surface area contributed by atoms with Gasteiger partial charge in [0.1, 0.15) is 0 Å². The van der Waals surface area contributed by atoms with Crippen molar-refractivity contribution in [1.29, 1.82) is 0 Å². The largest absolute Gasteiger partial charge is 0.352 e. The molecule has 2 rings (SSSR count). The number of nitrogens with one attached hydrogen (secondary N) is 1. The van der Waals surface area contributed by atoms with Crippen LogP contribution in [0.2, 0.25) is 0 Å². The fraction of sp³-hybridized carbons (Fsp3) is 0.357. The van der Waals surface area contributed by atoms with Crippen LogP contribution in [0.4, 0.5) is 0 Å². The normalized spacial score (nSPS) is 13.3. The summed E-state index contributed by atoms with van der Waals surface area (Å²) in [5.74, 6) is 0.109. The minimum atomic E-state index is 0.109. The topological polar surface area (TPSA) is 29.1 Å².